The number of hydrogen-bond acceptors (Lipinski definition) is 4. The van der Waals surface area contributed by atoms with Gasteiger partial charge in [0.15, 0.2) is 0 Å². The molecule has 5 heteroatoms. The summed E-state index contributed by atoms with van der Waals surface area (Å²) in [6.45, 7) is 8.60. The van der Waals surface area contributed by atoms with Crippen molar-refractivity contribution in [1.82, 2.24) is 10.6 Å². The minimum atomic E-state index is -0.0532. The number of unbranched alkanes of at least 4 members (excludes halogenated alkanes) is 1. The second-order valence-corrected chi connectivity index (χ2v) is 5.32. The predicted molar refractivity (Wildman–Crippen MR) is 79.7 cm³/mol. The fraction of sp³-hybridized carbons (Fsp3) is 0.933. The van der Waals surface area contributed by atoms with Crippen LogP contribution < -0.4 is 10.6 Å². The Labute approximate surface area is 122 Å². The zero-order valence-corrected chi connectivity index (χ0v) is 13.0. The number of ether oxygens (including phenoxy) is 2. The molecule has 1 rings (SSSR count). The molecule has 20 heavy (non-hydrogen) atoms. The van der Waals surface area contributed by atoms with Gasteiger partial charge in [-0.15, -0.1) is 0 Å². The maximum atomic E-state index is 12.1. The van der Waals surface area contributed by atoms with E-state index in [1.807, 2.05) is 0 Å². The number of rotatable bonds is 11. The first-order valence-electron chi connectivity index (χ1n) is 7.96. The highest BCUT2D eigenvalue weighted by molar-refractivity contribution is 5.79. The van der Waals surface area contributed by atoms with Crippen LogP contribution in [0.2, 0.25) is 0 Å². The van der Waals surface area contributed by atoms with Crippen molar-refractivity contribution in [2.75, 3.05) is 39.5 Å². The van der Waals surface area contributed by atoms with E-state index < -0.39 is 0 Å². The van der Waals surface area contributed by atoms with E-state index >= 15 is 0 Å². The standard InChI is InChI=1S/C15H30N2O3/c1-3-5-9-19-10-6-8-17-15(18)13-11-20-12-14(13)16-7-4-2/h13-14,16H,3-12H2,1-2H3,(H,17,18). The Morgan fingerprint density at radius 1 is 1.15 bits per heavy atom. The van der Waals surface area contributed by atoms with Crippen LogP contribution >= 0.6 is 0 Å². The summed E-state index contributed by atoms with van der Waals surface area (Å²) in [4.78, 5) is 12.1. The molecule has 1 amide bonds. The third-order valence-electron chi connectivity index (χ3n) is 3.48. The van der Waals surface area contributed by atoms with Crippen molar-refractivity contribution < 1.29 is 14.3 Å². The summed E-state index contributed by atoms with van der Waals surface area (Å²) in [6, 6.07) is 0.163. The topological polar surface area (TPSA) is 59.6 Å². The second kappa shape index (κ2) is 11.1. The lowest BCUT2D eigenvalue weighted by Gasteiger charge is -2.18. The van der Waals surface area contributed by atoms with Gasteiger partial charge in [-0.2, -0.15) is 0 Å². The van der Waals surface area contributed by atoms with Crippen molar-refractivity contribution in [3.63, 3.8) is 0 Å². The Morgan fingerprint density at radius 3 is 2.70 bits per heavy atom. The average molecular weight is 286 g/mol. The first-order valence-corrected chi connectivity index (χ1v) is 7.96. The molecule has 0 aromatic heterocycles. The Morgan fingerprint density at radius 2 is 1.95 bits per heavy atom. The van der Waals surface area contributed by atoms with Crippen LogP contribution in [0.4, 0.5) is 0 Å². The number of hydrogen-bond donors (Lipinski definition) is 2. The number of carbonyl (C=O) groups is 1. The highest BCUT2D eigenvalue weighted by Gasteiger charge is 2.33. The maximum absolute atomic E-state index is 12.1. The van der Waals surface area contributed by atoms with E-state index in [9.17, 15) is 4.79 Å². The van der Waals surface area contributed by atoms with E-state index in [1.165, 1.54) is 0 Å². The van der Waals surface area contributed by atoms with Crippen LogP contribution in [0.5, 0.6) is 0 Å². The molecule has 0 bridgehead atoms. The molecule has 0 aromatic rings. The molecule has 0 spiro atoms. The van der Waals surface area contributed by atoms with Crippen LogP contribution in [-0.2, 0) is 14.3 Å². The third-order valence-corrected chi connectivity index (χ3v) is 3.48. The van der Waals surface area contributed by atoms with Gasteiger partial charge in [0.2, 0.25) is 5.91 Å². The molecule has 2 N–H and O–H groups in total. The van der Waals surface area contributed by atoms with Crippen molar-refractivity contribution in [2.24, 2.45) is 5.92 Å². The Bertz CT molecular complexity index is 262. The number of nitrogens with one attached hydrogen (secondary N) is 2. The lowest BCUT2D eigenvalue weighted by atomic mass is 10.0. The van der Waals surface area contributed by atoms with Gasteiger partial charge in [-0.05, 0) is 25.8 Å². The molecule has 1 saturated heterocycles. The summed E-state index contributed by atoms with van der Waals surface area (Å²) in [5.74, 6) is 0.0484. The third kappa shape index (κ3) is 6.68. The van der Waals surface area contributed by atoms with E-state index in [0.717, 1.165) is 45.4 Å². The van der Waals surface area contributed by atoms with Crippen LogP contribution in [0, 0.1) is 5.92 Å². The van der Waals surface area contributed by atoms with Crippen molar-refractivity contribution in [3.8, 4) is 0 Å². The fourth-order valence-electron chi connectivity index (χ4n) is 2.21. The molecule has 0 saturated carbocycles. The molecule has 2 atom stereocenters. The molecular formula is C15H30N2O3. The van der Waals surface area contributed by atoms with Crippen LogP contribution in [0.1, 0.15) is 39.5 Å². The monoisotopic (exact) mass is 286 g/mol. The smallest absolute Gasteiger partial charge is 0.227 e. The SMILES string of the molecule is CCCCOCCCNC(=O)C1COCC1NCCC. The highest BCUT2D eigenvalue weighted by atomic mass is 16.5. The summed E-state index contributed by atoms with van der Waals surface area (Å²) < 4.78 is 10.9. The molecule has 1 heterocycles. The molecule has 0 aromatic carbocycles. The molecule has 2 unspecified atom stereocenters. The molecule has 1 aliphatic rings. The minimum Gasteiger partial charge on any atom is -0.381 e. The molecular weight excluding hydrogens is 256 g/mol. The minimum absolute atomic E-state index is 0.0532. The van der Waals surface area contributed by atoms with E-state index in [-0.39, 0.29) is 17.9 Å². The number of carbonyl (C=O) groups excluding carboxylic acids is 1. The van der Waals surface area contributed by atoms with E-state index in [4.69, 9.17) is 9.47 Å². The summed E-state index contributed by atoms with van der Waals surface area (Å²) in [7, 11) is 0. The van der Waals surface area contributed by atoms with Gasteiger partial charge in [-0.25, -0.2) is 0 Å². The first-order chi connectivity index (χ1) is 9.79. The Hall–Kier alpha value is -0.650. The van der Waals surface area contributed by atoms with E-state index in [1.54, 1.807) is 0 Å². The van der Waals surface area contributed by atoms with Crippen molar-refractivity contribution >= 4 is 5.91 Å². The zero-order chi connectivity index (χ0) is 14.6. The van der Waals surface area contributed by atoms with Crippen molar-refractivity contribution in [1.29, 1.82) is 0 Å². The summed E-state index contributed by atoms with van der Waals surface area (Å²) >= 11 is 0. The summed E-state index contributed by atoms with van der Waals surface area (Å²) in [5, 5.41) is 6.36. The largest absolute Gasteiger partial charge is 0.381 e. The molecule has 0 radical (unpaired) electrons. The molecule has 118 valence electrons. The lowest BCUT2D eigenvalue weighted by Crippen LogP contribution is -2.44. The quantitative estimate of drug-likeness (QED) is 0.563. The van der Waals surface area contributed by atoms with E-state index in [2.05, 4.69) is 24.5 Å². The summed E-state index contributed by atoms with van der Waals surface area (Å²) in [5.41, 5.74) is 0. The van der Waals surface area contributed by atoms with E-state index in [0.29, 0.717) is 19.8 Å². The van der Waals surface area contributed by atoms with Crippen molar-refractivity contribution in [3.05, 3.63) is 0 Å². The lowest BCUT2D eigenvalue weighted by molar-refractivity contribution is -0.125. The second-order valence-electron chi connectivity index (χ2n) is 5.32. The molecule has 1 aliphatic heterocycles. The van der Waals surface area contributed by atoms with Gasteiger partial charge in [0, 0.05) is 25.8 Å². The van der Waals surface area contributed by atoms with Crippen LogP contribution in [0.25, 0.3) is 0 Å². The van der Waals surface area contributed by atoms with Gasteiger partial charge in [-0.1, -0.05) is 20.3 Å². The van der Waals surface area contributed by atoms with Gasteiger partial charge >= 0.3 is 0 Å². The maximum Gasteiger partial charge on any atom is 0.227 e. The Balaban J connectivity index is 2.09. The predicted octanol–water partition coefficient (Wildman–Crippen LogP) is 1.32. The molecule has 5 nitrogen and oxygen atoms in total. The Kier molecular flexibility index (Phi) is 9.62. The van der Waals surface area contributed by atoms with Crippen LogP contribution in [0.15, 0.2) is 0 Å². The van der Waals surface area contributed by atoms with Crippen molar-refractivity contribution in [2.45, 2.75) is 45.6 Å². The highest BCUT2D eigenvalue weighted by Crippen LogP contribution is 2.13. The van der Waals surface area contributed by atoms with Gasteiger partial charge in [0.1, 0.15) is 0 Å². The average Bonchev–Trinajstić information content (AvgIpc) is 2.92. The zero-order valence-electron chi connectivity index (χ0n) is 13.0. The molecule has 1 fully saturated rings. The fourth-order valence-corrected chi connectivity index (χ4v) is 2.21. The van der Waals surface area contributed by atoms with Gasteiger partial charge in [-0.3, -0.25) is 4.79 Å². The van der Waals surface area contributed by atoms with Crippen LogP contribution in [-0.4, -0.2) is 51.5 Å². The van der Waals surface area contributed by atoms with Gasteiger partial charge in [0.25, 0.3) is 0 Å². The first kappa shape index (κ1) is 17.4. The number of amides is 1. The normalized spacial score (nSPS) is 22.1. The molecule has 0 aliphatic carbocycles. The van der Waals surface area contributed by atoms with Gasteiger partial charge in [0.05, 0.1) is 19.1 Å². The summed E-state index contributed by atoms with van der Waals surface area (Å²) in [6.07, 6.45) is 4.21. The van der Waals surface area contributed by atoms with Crippen LogP contribution in [0.3, 0.4) is 0 Å². The van der Waals surface area contributed by atoms with Gasteiger partial charge < -0.3 is 20.1 Å².